The third kappa shape index (κ3) is 0.952. The van der Waals surface area contributed by atoms with Gasteiger partial charge in [-0.1, -0.05) is 13.0 Å². The predicted molar refractivity (Wildman–Crippen MR) is 26.5 cm³/mol. The number of hydrogen-bond donors (Lipinski definition) is 0. The Morgan fingerprint density at radius 2 is 2.57 bits per heavy atom. The molecule has 0 saturated carbocycles. The van der Waals surface area contributed by atoms with Gasteiger partial charge in [-0.3, -0.25) is 0 Å². The van der Waals surface area contributed by atoms with Crippen LogP contribution in [0.3, 0.4) is 0 Å². The summed E-state index contributed by atoms with van der Waals surface area (Å²) < 4.78 is 0. The first kappa shape index (κ1) is 4.69. The van der Waals surface area contributed by atoms with E-state index in [4.69, 9.17) is 0 Å². The second-order valence-corrected chi connectivity index (χ2v) is 2.15. The molecule has 0 heterocycles. The Bertz CT molecular complexity index is 94.4. The zero-order valence-electron chi connectivity index (χ0n) is 4.48. The van der Waals surface area contributed by atoms with Gasteiger partial charge in [0.2, 0.25) is 0 Å². The lowest BCUT2D eigenvalue weighted by Gasteiger charge is -1.99. The van der Waals surface area contributed by atoms with E-state index in [1.807, 2.05) is 0 Å². The van der Waals surface area contributed by atoms with Crippen LogP contribution in [-0.2, 0) is 0 Å². The van der Waals surface area contributed by atoms with Gasteiger partial charge in [0.15, 0.2) is 0 Å². The molecule has 0 spiro atoms. The van der Waals surface area contributed by atoms with Crippen LogP contribution in [0.4, 0.5) is 0 Å². The van der Waals surface area contributed by atoms with Crippen molar-refractivity contribution in [3.63, 3.8) is 0 Å². The van der Waals surface area contributed by atoms with Crippen molar-refractivity contribution >= 4 is 0 Å². The Morgan fingerprint density at radius 3 is 2.71 bits per heavy atom. The fourth-order valence-electron chi connectivity index (χ4n) is 0.854. The van der Waals surface area contributed by atoms with Crippen molar-refractivity contribution in [3.8, 4) is 0 Å². The number of rotatable bonds is 0. The van der Waals surface area contributed by atoms with Gasteiger partial charge in [-0.2, -0.15) is 0 Å². The summed E-state index contributed by atoms with van der Waals surface area (Å²) in [6.45, 7) is 2.07. The Kier molecular flexibility index (Phi) is 1.05. The molecule has 1 rings (SSSR count). The Balaban J connectivity index is 2.50. The molecule has 0 amide bonds. The van der Waals surface area contributed by atoms with Crippen LogP contribution in [0, 0.1) is 5.92 Å². The molecule has 0 aromatic carbocycles. The van der Waals surface area contributed by atoms with Gasteiger partial charge < -0.3 is 5.11 Å². The van der Waals surface area contributed by atoms with Crippen molar-refractivity contribution in [2.24, 2.45) is 5.92 Å². The minimum atomic E-state index is 0.326. The summed E-state index contributed by atoms with van der Waals surface area (Å²) in [4.78, 5) is 0. The third-order valence-electron chi connectivity index (χ3n) is 1.32. The summed E-state index contributed by atoms with van der Waals surface area (Å²) in [6.07, 6.45) is 3.65. The van der Waals surface area contributed by atoms with E-state index in [-0.39, 0.29) is 0 Å². The molecule has 1 atom stereocenters. The molecule has 0 saturated heterocycles. The van der Waals surface area contributed by atoms with Gasteiger partial charge in [-0.05, 0) is 18.8 Å². The summed E-state index contributed by atoms with van der Waals surface area (Å²) in [7, 11) is 0. The maximum absolute atomic E-state index is 10.4. The van der Waals surface area contributed by atoms with Crippen molar-refractivity contribution in [2.75, 3.05) is 0 Å². The lowest BCUT2D eigenvalue weighted by atomic mass is 10.2. The molecule has 1 unspecified atom stereocenters. The van der Waals surface area contributed by atoms with Crippen molar-refractivity contribution in [1.29, 1.82) is 0 Å². The van der Waals surface area contributed by atoms with Crippen LogP contribution in [0.5, 0.6) is 0 Å². The average molecular weight is 97.1 g/mol. The molecule has 0 aromatic heterocycles. The van der Waals surface area contributed by atoms with Crippen LogP contribution in [0.2, 0.25) is 0 Å². The van der Waals surface area contributed by atoms with E-state index < -0.39 is 0 Å². The maximum atomic E-state index is 10.4. The predicted octanol–water partition coefficient (Wildman–Crippen LogP) is 0.660. The zero-order valence-corrected chi connectivity index (χ0v) is 4.48. The molecule has 40 valence electrons. The smallest absolute Gasteiger partial charge is 0.0265 e. The quantitative estimate of drug-likeness (QED) is 0.435. The molecule has 1 aliphatic rings. The summed E-state index contributed by atoms with van der Waals surface area (Å²) in [5, 5.41) is 10.4. The van der Waals surface area contributed by atoms with E-state index in [2.05, 4.69) is 6.92 Å². The van der Waals surface area contributed by atoms with E-state index in [0.717, 1.165) is 12.8 Å². The van der Waals surface area contributed by atoms with Crippen molar-refractivity contribution in [3.05, 3.63) is 11.8 Å². The molecule has 0 bridgehead atoms. The van der Waals surface area contributed by atoms with Gasteiger partial charge in [0.05, 0.1) is 0 Å². The Morgan fingerprint density at radius 1 is 1.86 bits per heavy atom. The molecule has 0 radical (unpaired) electrons. The summed E-state index contributed by atoms with van der Waals surface area (Å²) in [5.41, 5.74) is 0. The van der Waals surface area contributed by atoms with Crippen molar-refractivity contribution < 1.29 is 5.11 Å². The molecule has 0 fully saturated rings. The fraction of sp³-hybridized carbons (Fsp3) is 0.667. The van der Waals surface area contributed by atoms with E-state index in [9.17, 15) is 5.11 Å². The van der Waals surface area contributed by atoms with Crippen molar-refractivity contribution in [1.82, 2.24) is 0 Å². The first-order valence-electron chi connectivity index (χ1n) is 2.67. The molecule has 0 aromatic rings. The molecule has 7 heavy (non-hydrogen) atoms. The monoisotopic (exact) mass is 97.1 g/mol. The van der Waals surface area contributed by atoms with Crippen LogP contribution in [0.15, 0.2) is 11.8 Å². The van der Waals surface area contributed by atoms with E-state index in [1.54, 1.807) is 6.08 Å². The summed E-state index contributed by atoms with van der Waals surface area (Å²) in [5.74, 6) is 0.875. The highest BCUT2D eigenvalue weighted by molar-refractivity contribution is 4.99. The van der Waals surface area contributed by atoms with Gasteiger partial charge >= 0.3 is 0 Å². The first-order chi connectivity index (χ1) is 3.29. The third-order valence-corrected chi connectivity index (χ3v) is 1.32. The van der Waals surface area contributed by atoms with Crippen LogP contribution in [0.1, 0.15) is 19.8 Å². The first-order valence-corrected chi connectivity index (χ1v) is 2.67. The molecular formula is C6H9O-. The van der Waals surface area contributed by atoms with Crippen LogP contribution >= 0.6 is 0 Å². The minimum absolute atomic E-state index is 0.326. The van der Waals surface area contributed by atoms with E-state index in [1.165, 1.54) is 0 Å². The highest BCUT2D eigenvalue weighted by atomic mass is 16.3. The van der Waals surface area contributed by atoms with Crippen LogP contribution in [-0.4, -0.2) is 0 Å². The highest BCUT2D eigenvalue weighted by Crippen LogP contribution is 2.18. The largest absolute Gasteiger partial charge is 0.876 e. The number of hydrogen-bond acceptors (Lipinski definition) is 1. The van der Waals surface area contributed by atoms with E-state index >= 15 is 0 Å². The molecule has 0 N–H and O–H groups in total. The SMILES string of the molecule is CC1C=C([O-])CC1. The zero-order chi connectivity index (χ0) is 5.28. The topological polar surface area (TPSA) is 23.1 Å². The Labute approximate surface area is 43.7 Å². The van der Waals surface area contributed by atoms with Gasteiger partial charge in [0, 0.05) is 0 Å². The minimum Gasteiger partial charge on any atom is -0.876 e. The van der Waals surface area contributed by atoms with Gasteiger partial charge in [-0.25, -0.2) is 0 Å². The van der Waals surface area contributed by atoms with Crippen molar-refractivity contribution in [2.45, 2.75) is 19.8 Å². The van der Waals surface area contributed by atoms with Gasteiger partial charge in [0.25, 0.3) is 0 Å². The molecular weight excluding hydrogens is 88.1 g/mol. The lowest BCUT2D eigenvalue weighted by molar-refractivity contribution is -0.305. The molecule has 1 heteroatoms. The van der Waals surface area contributed by atoms with Gasteiger partial charge in [-0.15, -0.1) is 5.76 Å². The normalized spacial score (nSPS) is 30.4. The Hall–Kier alpha value is -0.460. The fourth-order valence-corrected chi connectivity index (χ4v) is 0.854. The molecule has 0 aliphatic heterocycles. The van der Waals surface area contributed by atoms with E-state index in [0.29, 0.717) is 11.7 Å². The number of allylic oxidation sites excluding steroid dienone is 2. The van der Waals surface area contributed by atoms with Gasteiger partial charge in [0.1, 0.15) is 0 Å². The molecule has 1 aliphatic carbocycles. The summed E-state index contributed by atoms with van der Waals surface area (Å²) >= 11 is 0. The second kappa shape index (κ2) is 1.57. The highest BCUT2D eigenvalue weighted by Gasteiger charge is 2.02. The molecule has 1 nitrogen and oxygen atoms in total. The average Bonchev–Trinajstić information content (AvgIpc) is 1.87. The van der Waals surface area contributed by atoms with Crippen LogP contribution in [0.25, 0.3) is 0 Å². The second-order valence-electron chi connectivity index (χ2n) is 2.15. The summed E-state index contributed by atoms with van der Waals surface area (Å²) in [6, 6.07) is 0. The standard InChI is InChI=1S/C6H10O/c1-5-2-3-6(7)4-5/h4-5,7H,2-3H2,1H3/p-1. The lowest BCUT2D eigenvalue weighted by Crippen LogP contribution is -1.97. The van der Waals surface area contributed by atoms with Crippen LogP contribution < -0.4 is 5.11 Å². The maximum Gasteiger partial charge on any atom is -0.0265 e.